The van der Waals surface area contributed by atoms with Crippen molar-refractivity contribution in [1.29, 1.82) is 0 Å². The van der Waals surface area contributed by atoms with Gasteiger partial charge in [-0.3, -0.25) is 0 Å². The molecule has 0 atom stereocenters. The molecule has 0 amide bonds. The number of hydrogen-bond acceptors (Lipinski definition) is 3. The lowest BCUT2D eigenvalue weighted by molar-refractivity contribution is 0.00578. The van der Waals surface area contributed by atoms with Gasteiger partial charge >= 0.3 is 7.12 Å². The molecule has 1 heterocycles. The van der Waals surface area contributed by atoms with E-state index in [1.807, 2.05) is 24.3 Å². The summed E-state index contributed by atoms with van der Waals surface area (Å²) in [5.74, 6) is 0.324. The standard InChI is InChI=1S/C22H29BO3/c1-6-7-13-18-19(23-25-21(2,3)22(4,5)26-23)14-17(15-20(18)24)16-11-9-8-10-12-16/h8-12,14-15,24H,6-7,13H2,1-5H3. The molecule has 0 spiro atoms. The van der Waals surface area contributed by atoms with Crippen LogP contribution in [0.15, 0.2) is 42.5 Å². The number of rotatable bonds is 5. The van der Waals surface area contributed by atoms with Crippen LogP contribution in [0.1, 0.15) is 53.0 Å². The smallest absolute Gasteiger partial charge is 0.495 e. The number of phenolic OH excluding ortho intramolecular Hbond substituents is 1. The number of unbranched alkanes of at least 4 members (excludes halogenated alkanes) is 1. The molecule has 4 heteroatoms. The van der Waals surface area contributed by atoms with E-state index >= 15 is 0 Å². The van der Waals surface area contributed by atoms with E-state index in [1.165, 1.54) is 0 Å². The van der Waals surface area contributed by atoms with Crippen LogP contribution in [-0.4, -0.2) is 23.4 Å². The number of phenols is 1. The highest BCUT2D eigenvalue weighted by molar-refractivity contribution is 6.63. The van der Waals surface area contributed by atoms with E-state index < -0.39 is 18.3 Å². The molecule has 1 fully saturated rings. The van der Waals surface area contributed by atoms with Crippen LogP contribution in [0.5, 0.6) is 5.75 Å². The molecule has 26 heavy (non-hydrogen) atoms. The summed E-state index contributed by atoms with van der Waals surface area (Å²) in [5, 5.41) is 10.8. The minimum Gasteiger partial charge on any atom is -0.508 e. The van der Waals surface area contributed by atoms with Crippen molar-refractivity contribution in [3.8, 4) is 16.9 Å². The van der Waals surface area contributed by atoms with Gasteiger partial charge in [0.2, 0.25) is 0 Å². The molecule has 0 bridgehead atoms. The number of aromatic hydroxyl groups is 1. The van der Waals surface area contributed by atoms with E-state index in [0.29, 0.717) is 5.75 Å². The monoisotopic (exact) mass is 352 g/mol. The van der Waals surface area contributed by atoms with Crippen LogP contribution < -0.4 is 5.46 Å². The quantitative estimate of drug-likeness (QED) is 0.793. The van der Waals surface area contributed by atoms with Gasteiger partial charge < -0.3 is 14.4 Å². The summed E-state index contributed by atoms with van der Waals surface area (Å²) in [5.41, 5.74) is 3.12. The largest absolute Gasteiger partial charge is 0.508 e. The van der Waals surface area contributed by atoms with Crippen molar-refractivity contribution < 1.29 is 14.4 Å². The van der Waals surface area contributed by atoms with Gasteiger partial charge in [-0.15, -0.1) is 0 Å². The topological polar surface area (TPSA) is 38.7 Å². The second-order valence-electron chi connectivity index (χ2n) is 8.12. The molecule has 138 valence electrons. The van der Waals surface area contributed by atoms with Gasteiger partial charge in [0.05, 0.1) is 11.2 Å². The van der Waals surface area contributed by atoms with Gasteiger partial charge in [-0.2, -0.15) is 0 Å². The van der Waals surface area contributed by atoms with E-state index in [1.54, 1.807) is 0 Å². The van der Waals surface area contributed by atoms with E-state index in [9.17, 15) is 5.11 Å². The van der Waals surface area contributed by atoms with Crippen molar-refractivity contribution in [2.24, 2.45) is 0 Å². The molecule has 0 aliphatic carbocycles. The zero-order valence-corrected chi connectivity index (χ0v) is 16.5. The van der Waals surface area contributed by atoms with Crippen molar-refractivity contribution in [2.75, 3.05) is 0 Å². The van der Waals surface area contributed by atoms with Crippen molar-refractivity contribution in [3.63, 3.8) is 0 Å². The third-order valence-corrected chi connectivity index (χ3v) is 5.66. The average Bonchev–Trinajstić information content (AvgIpc) is 2.81. The predicted octanol–water partition coefficient (Wildman–Crippen LogP) is 4.70. The van der Waals surface area contributed by atoms with Gasteiger partial charge in [0, 0.05) is 0 Å². The fourth-order valence-corrected chi connectivity index (χ4v) is 3.28. The summed E-state index contributed by atoms with van der Waals surface area (Å²) < 4.78 is 12.6. The fraction of sp³-hybridized carbons (Fsp3) is 0.455. The first-order valence-corrected chi connectivity index (χ1v) is 9.52. The molecule has 1 N–H and O–H groups in total. The van der Waals surface area contributed by atoms with Crippen molar-refractivity contribution >= 4 is 12.6 Å². The van der Waals surface area contributed by atoms with Gasteiger partial charge in [0.1, 0.15) is 5.75 Å². The highest BCUT2D eigenvalue weighted by Gasteiger charge is 2.52. The zero-order valence-electron chi connectivity index (χ0n) is 16.5. The van der Waals surface area contributed by atoms with Crippen molar-refractivity contribution in [1.82, 2.24) is 0 Å². The van der Waals surface area contributed by atoms with E-state index in [4.69, 9.17) is 9.31 Å². The first kappa shape index (κ1) is 19.0. The third kappa shape index (κ3) is 3.53. The number of hydrogen-bond donors (Lipinski definition) is 1. The molecule has 0 saturated carbocycles. The van der Waals surface area contributed by atoms with Gasteiger partial charge in [0.25, 0.3) is 0 Å². The van der Waals surface area contributed by atoms with Gasteiger partial charge in [-0.05, 0) is 68.8 Å². The Morgan fingerprint density at radius 1 is 0.923 bits per heavy atom. The first-order chi connectivity index (χ1) is 12.2. The maximum absolute atomic E-state index is 10.8. The number of benzene rings is 2. The molecule has 2 aromatic carbocycles. The molecule has 3 nitrogen and oxygen atoms in total. The summed E-state index contributed by atoms with van der Waals surface area (Å²) in [6.45, 7) is 10.4. The van der Waals surface area contributed by atoms with Gasteiger partial charge in [0.15, 0.2) is 0 Å². The Labute approximate surface area is 157 Å². The Balaban J connectivity index is 2.07. The first-order valence-electron chi connectivity index (χ1n) is 9.52. The van der Waals surface area contributed by atoms with Crippen molar-refractivity contribution in [2.45, 2.75) is 65.1 Å². The van der Waals surface area contributed by atoms with E-state index in [-0.39, 0.29) is 0 Å². The Bertz CT molecular complexity index is 752. The Morgan fingerprint density at radius 2 is 1.54 bits per heavy atom. The van der Waals surface area contributed by atoms with Crippen molar-refractivity contribution in [3.05, 3.63) is 48.0 Å². The molecule has 1 aliphatic heterocycles. The second-order valence-corrected chi connectivity index (χ2v) is 8.12. The van der Waals surface area contributed by atoms with Crippen LogP contribution in [0.4, 0.5) is 0 Å². The second kappa shape index (κ2) is 7.09. The zero-order chi connectivity index (χ0) is 18.9. The lowest BCUT2D eigenvalue weighted by Crippen LogP contribution is -2.41. The van der Waals surface area contributed by atoms with E-state index in [0.717, 1.165) is 41.4 Å². The summed E-state index contributed by atoms with van der Waals surface area (Å²) >= 11 is 0. The maximum atomic E-state index is 10.8. The molecule has 0 aromatic heterocycles. The van der Waals surface area contributed by atoms with Gasteiger partial charge in [-0.1, -0.05) is 49.7 Å². The molecule has 3 rings (SSSR count). The lowest BCUT2D eigenvalue weighted by Gasteiger charge is -2.32. The Kier molecular flexibility index (Phi) is 5.18. The molecule has 0 radical (unpaired) electrons. The SMILES string of the molecule is CCCCc1c(O)cc(-c2ccccc2)cc1B1OC(C)(C)C(C)(C)O1. The van der Waals surface area contributed by atoms with Crippen LogP contribution in [0.25, 0.3) is 11.1 Å². The molecule has 2 aromatic rings. The minimum atomic E-state index is -0.471. The molecule has 1 aliphatic rings. The molecule has 1 saturated heterocycles. The van der Waals surface area contributed by atoms with Crippen LogP contribution in [-0.2, 0) is 15.7 Å². The molecular formula is C22H29BO3. The van der Waals surface area contributed by atoms with E-state index in [2.05, 4.69) is 52.8 Å². The Hall–Kier alpha value is -1.78. The van der Waals surface area contributed by atoms with Crippen LogP contribution in [0.3, 0.4) is 0 Å². The summed E-state index contributed by atoms with van der Waals surface area (Å²) in [6, 6.07) is 14.1. The predicted molar refractivity (Wildman–Crippen MR) is 108 cm³/mol. The molecule has 0 unspecified atom stereocenters. The summed E-state index contributed by atoms with van der Waals surface area (Å²) in [7, 11) is -0.471. The summed E-state index contributed by atoms with van der Waals surface area (Å²) in [4.78, 5) is 0. The maximum Gasteiger partial charge on any atom is 0.495 e. The minimum absolute atomic E-state index is 0.324. The van der Waals surface area contributed by atoms with Crippen LogP contribution in [0, 0.1) is 0 Å². The highest BCUT2D eigenvalue weighted by Crippen LogP contribution is 2.38. The average molecular weight is 352 g/mol. The Morgan fingerprint density at radius 3 is 2.12 bits per heavy atom. The highest BCUT2D eigenvalue weighted by atomic mass is 16.7. The van der Waals surface area contributed by atoms with Crippen LogP contribution in [0.2, 0.25) is 0 Å². The fourth-order valence-electron chi connectivity index (χ4n) is 3.28. The normalized spacial score (nSPS) is 18.3. The lowest BCUT2D eigenvalue weighted by atomic mass is 9.73. The summed E-state index contributed by atoms with van der Waals surface area (Å²) in [6.07, 6.45) is 2.91. The van der Waals surface area contributed by atoms with Gasteiger partial charge in [-0.25, -0.2) is 0 Å². The molecular weight excluding hydrogens is 323 g/mol. The third-order valence-electron chi connectivity index (χ3n) is 5.66. The van der Waals surface area contributed by atoms with Crippen LogP contribution >= 0.6 is 0 Å².